The molecule has 4 rings (SSSR count). The molecule has 0 fully saturated rings. The summed E-state index contributed by atoms with van der Waals surface area (Å²) in [6, 6.07) is 22.9. The second kappa shape index (κ2) is 8.19. The number of carbonyl (C=O) groups excluding carboxylic acids is 2. The highest BCUT2D eigenvalue weighted by Crippen LogP contribution is 2.25. The molecule has 5 heteroatoms. The molecule has 1 amide bonds. The van der Waals surface area contributed by atoms with Crippen molar-refractivity contribution in [3.63, 3.8) is 0 Å². The first-order valence-electron chi connectivity index (χ1n) is 9.56. The van der Waals surface area contributed by atoms with E-state index in [-0.39, 0.29) is 5.91 Å². The van der Waals surface area contributed by atoms with Gasteiger partial charge < -0.3 is 15.0 Å². The van der Waals surface area contributed by atoms with Crippen molar-refractivity contribution in [2.75, 3.05) is 23.9 Å². The maximum Gasteiger partial charge on any atom is 0.339 e. The molecule has 0 saturated carbocycles. The lowest BCUT2D eigenvalue weighted by Gasteiger charge is -2.30. The van der Waals surface area contributed by atoms with Crippen molar-refractivity contribution in [3.05, 3.63) is 95.1 Å². The summed E-state index contributed by atoms with van der Waals surface area (Å²) in [6.45, 7) is 1.82. The van der Waals surface area contributed by atoms with E-state index in [2.05, 4.69) is 34.5 Å². The van der Waals surface area contributed by atoms with Gasteiger partial charge in [0, 0.05) is 24.3 Å². The van der Waals surface area contributed by atoms with Crippen LogP contribution in [-0.4, -0.2) is 25.5 Å². The number of fused-ring (bicyclic) bond motifs is 1. The Morgan fingerprint density at radius 1 is 0.897 bits per heavy atom. The van der Waals surface area contributed by atoms with Crippen molar-refractivity contribution < 1.29 is 14.3 Å². The topological polar surface area (TPSA) is 58.6 Å². The van der Waals surface area contributed by atoms with Crippen LogP contribution < -0.4 is 10.2 Å². The molecule has 5 nitrogen and oxygen atoms in total. The van der Waals surface area contributed by atoms with E-state index in [9.17, 15) is 9.59 Å². The van der Waals surface area contributed by atoms with Gasteiger partial charge in [0.1, 0.15) is 0 Å². The SMILES string of the molecule is COC(=O)c1ccccc1NC(=O)c1ccc(N2CCc3ccccc3C2)cc1. The summed E-state index contributed by atoms with van der Waals surface area (Å²) in [5.74, 6) is -0.751. The van der Waals surface area contributed by atoms with Crippen LogP contribution in [0.1, 0.15) is 31.8 Å². The average molecular weight is 386 g/mol. The third-order valence-electron chi connectivity index (χ3n) is 5.21. The Labute approximate surface area is 169 Å². The number of para-hydroxylation sites is 1. The molecule has 0 atom stereocenters. The van der Waals surface area contributed by atoms with Crippen molar-refractivity contribution >= 4 is 23.3 Å². The number of anilines is 2. The smallest absolute Gasteiger partial charge is 0.339 e. The van der Waals surface area contributed by atoms with Gasteiger partial charge in [0.15, 0.2) is 0 Å². The summed E-state index contributed by atoms with van der Waals surface area (Å²) in [5, 5.41) is 2.80. The number of hydrogen-bond acceptors (Lipinski definition) is 4. The molecule has 29 heavy (non-hydrogen) atoms. The molecule has 0 radical (unpaired) electrons. The van der Waals surface area contributed by atoms with Crippen LogP contribution >= 0.6 is 0 Å². The van der Waals surface area contributed by atoms with Crippen molar-refractivity contribution in [1.82, 2.24) is 0 Å². The maximum atomic E-state index is 12.7. The highest BCUT2D eigenvalue weighted by molar-refractivity contribution is 6.08. The zero-order valence-corrected chi connectivity index (χ0v) is 16.2. The number of nitrogens with one attached hydrogen (secondary N) is 1. The quantitative estimate of drug-likeness (QED) is 0.680. The fourth-order valence-electron chi connectivity index (χ4n) is 3.61. The predicted octanol–water partition coefficient (Wildman–Crippen LogP) is 4.29. The number of esters is 1. The predicted molar refractivity (Wildman–Crippen MR) is 113 cm³/mol. The molecular formula is C24H22N2O3. The van der Waals surface area contributed by atoms with Crippen molar-refractivity contribution in [3.8, 4) is 0 Å². The summed E-state index contributed by atoms with van der Waals surface area (Å²) < 4.78 is 4.78. The number of hydrogen-bond donors (Lipinski definition) is 1. The molecule has 146 valence electrons. The molecule has 0 bridgehead atoms. The minimum Gasteiger partial charge on any atom is -0.465 e. The van der Waals surface area contributed by atoms with E-state index in [1.807, 2.05) is 24.3 Å². The third kappa shape index (κ3) is 3.99. The molecule has 1 aliphatic heterocycles. The van der Waals surface area contributed by atoms with Gasteiger partial charge in [-0.2, -0.15) is 0 Å². The first kappa shape index (κ1) is 18.7. The molecule has 0 aromatic heterocycles. The van der Waals surface area contributed by atoms with Crippen molar-refractivity contribution in [2.24, 2.45) is 0 Å². The largest absolute Gasteiger partial charge is 0.465 e. The average Bonchev–Trinajstić information content (AvgIpc) is 2.78. The van der Waals surface area contributed by atoms with E-state index in [0.717, 1.165) is 25.2 Å². The van der Waals surface area contributed by atoms with Gasteiger partial charge in [-0.05, 0) is 53.9 Å². The highest BCUT2D eigenvalue weighted by Gasteiger charge is 2.17. The van der Waals surface area contributed by atoms with Gasteiger partial charge in [-0.25, -0.2) is 4.79 Å². The summed E-state index contributed by atoms with van der Waals surface area (Å²) in [5.41, 5.74) is 5.13. The molecule has 3 aromatic rings. The fourth-order valence-corrected chi connectivity index (χ4v) is 3.61. The maximum absolute atomic E-state index is 12.7. The van der Waals surface area contributed by atoms with Crippen molar-refractivity contribution in [2.45, 2.75) is 13.0 Å². The number of benzene rings is 3. The van der Waals surface area contributed by atoms with Gasteiger partial charge >= 0.3 is 5.97 Å². The second-order valence-electron chi connectivity index (χ2n) is 6.98. The van der Waals surface area contributed by atoms with Crippen LogP contribution in [0.4, 0.5) is 11.4 Å². The molecule has 0 saturated heterocycles. The number of ether oxygens (including phenoxy) is 1. The van der Waals surface area contributed by atoms with Gasteiger partial charge in [-0.3, -0.25) is 4.79 Å². The Kier molecular flexibility index (Phi) is 5.29. The Hall–Kier alpha value is -3.60. The molecule has 0 spiro atoms. The third-order valence-corrected chi connectivity index (χ3v) is 5.21. The van der Waals surface area contributed by atoms with Crippen LogP contribution in [0.5, 0.6) is 0 Å². The lowest BCUT2D eigenvalue weighted by Crippen LogP contribution is -2.30. The Balaban J connectivity index is 1.48. The molecule has 1 heterocycles. The first-order chi connectivity index (χ1) is 14.2. The van der Waals surface area contributed by atoms with Gasteiger partial charge in [-0.1, -0.05) is 36.4 Å². The summed E-state index contributed by atoms with van der Waals surface area (Å²) in [6.07, 6.45) is 1.02. The fraction of sp³-hybridized carbons (Fsp3) is 0.167. The Bertz CT molecular complexity index is 1040. The van der Waals surface area contributed by atoms with Crippen LogP contribution in [0.3, 0.4) is 0 Å². The molecule has 1 N–H and O–H groups in total. The van der Waals surface area contributed by atoms with Crippen LogP contribution in [0.25, 0.3) is 0 Å². The zero-order chi connectivity index (χ0) is 20.2. The molecule has 0 unspecified atom stereocenters. The Morgan fingerprint density at radius 2 is 1.59 bits per heavy atom. The second-order valence-corrected chi connectivity index (χ2v) is 6.98. The van der Waals surface area contributed by atoms with Crippen LogP contribution in [0.2, 0.25) is 0 Å². The summed E-state index contributed by atoms with van der Waals surface area (Å²) in [4.78, 5) is 26.8. The van der Waals surface area contributed by atoms with Crippen LogP contribution in [0, 0.1) is 0 Å². The van der Waals surface area contributed by atoms with Gasteiger partial charge in [-0.15, -0.1) is 0 Å². The normalized spacial score (nSPS) is 12.8. The Morgan fingerprint density at radius 3 is 2.34 bits per heavy atom. The van der Waals surface area contributed by atoms with Gasteiger partial charge in [0.25, 0.3) is 5.91 Å². The molecule has 3 aromatic carbocycles. The van der Waals surface area contributed by atoms with E-state index >= 15 is 0 Å². The van der Waals surface area contributed by atoms with E-state index < -0.39 is 5.97 Å². The van der Waals surface area contributed by atoms with Gasteiger partial charge in [0.05, 0.1) is 18.4 Å². The number of carbonyl (C=O) groups is 2. The minimum atomic E-state index is -0.485. The van der Waals surface area contributed by atoms with Gasteiger partial charge in [0.2, 0.25) is 0 Å². The highest BCUT2D eigenvalue weighted by atomic mass is 16.5. The van der Waals surface area contributed by atoms with E-state index in [0.29, 0.717) is 16.8 Å². The lowest BCUT2D eigenvalue weighted by molar-refractivity contribution is 0.0602. The standard InChI is InChI=1S/C24H22N2O3/c1-29-24(28)21-8-4-5-9-22(21)25-23(27)18-10-12-20(13-11-18)26-15-14-17-6-2-3-7-19(17)16-26/h2-13H,14-16H2,1H3,(H,25,27). The zero-order valence-electron chi connectivity index (χ0n) is 16.2. The molecular weight excluding hydrogens is 364 g/mol. The summed E-state index contributed by atoms with van der Waals surface area (Å²) in [7, 11) is 1.32. The van der Waals surface area contributed by atoms with E-state index in [4.69, 9.17) is 4.74 Å². The first-order valence-corrected chi connectivity index (χ1v) is 9.56. The number of rotatable bonds is 4. The summed E-state index contributed by atoms with van der Waals surface area (Å²) >= 11 is 0. The van der Waals surface area contributed by atoms with E-state index in [1.165, 1.54) is 18.2 Å². The molecule has 0 aliphatic carbocycles. The van der Waals surface area contributed by atoms with Crippen LogP contribution in [0.15, 0.2) is 72.8 Å². The lowest BCUT2D eigenvalue weighted by atomic mass is 9.99. The van der Waals surface area contributed by atoms with Crippen LogP contribution in [-0.2, 0) is 17.7 Å². The van der Waals surface area contributed by atoms with E-state index in [1.54, 1.807) is 24.3 Å². The number of nitrogens with zero attached hydrogens (tertiary/aromatic N) is 1. The number of methoxy groups -OCH3 is 1. The number of amides is 1. The monoisotopic (exact) mass is 386 g/mol. The van der Waals surface area contributed by atoms with Crippen molar-refractivity contribution in [1.29, 1.82) is 0 Å². The molecule has 1 aliphatic rings. The minimum absolute atomic E-state index is 0.267.